The fourth-order valence-electron chi connectivity index (χ4n) is 2.73. The number of aromatic amines is 1. The van der Waals surface area contributed by atoms with E-state index in [1.165, 1.54) is 26.4 Å². The Morgan fingerprint density at radius 3 is 2.55 bits per heavy atom. The van der Waals surface area contributed by atoms with Crippen molar-refractivity contribution >= 4 is 11.6 Å². The smallest absolute Gasteiger partial charge is 0.273 e. The van der Waals surface area contributed by atoms with Crippen LogP contribution in [0.25, 0.3) is 11.3 Å². The number of hydrogen-bond donors (Lipinski definition) is 2. The van der Waals surface area contributed by atoms with Crippen LogP contribution in [0.2, 0.25) is 0 Å². The Morgan fingerprint density at radius 1 is 1.07 bits per heavy atom. The van der Waals surface area contributed by atoms with Crippen molar-refractivity contribution in [2.24, 2.45) is 0 Å². The third-order valence-corrected chi connectivity index (χ3v) is 4.14. The molecule has 0 saturated carbocycles. The zero-order valence-electron chi connectivity index (χ0n) is 16.4. The maximum absolute atomic E-state index is 13.7. The van der Waals surface area contributed by atoms with Gasteiger partial charge in [0.05, 0.1) is 26.5 Å². The molecule has 0 saturated heterocycles. The van der Waals surface area contributed by atoms with E-state index >= 15 is 0 Å². The molecule has 0 spiro atoms. The molecule has 1 amide bonds. The van der Waals surface area contributed by atoms with Crippen molar-refractivity contribution in [3.8, 4) is 28.5 Å². The van der Waals surface area contributed by atoms with Crippen molar-refractivity contribution in [2.45, 2.75) is 13.3 Å². The molecule has 2 N–H and O–H groups in total. The summed E-state index contributed by atoms with van der Waals surface area (Å²) in [5.41, 5.74) is 1.63. The Labute approximate surface area is 167 Å². The number of carbonyl (C=O) groups is 1. The minimum Gasteiger partial charge on any atom is -0.493 e. The number of methoxy groups -OCH3 is 2. The average Bonchev–Trinajstić information content (AvgIpc) is 3.23. The van der Waals surface area contributed by atoms with Crippen LogP contribution in [-0.4, -0.2) is 36.9 Å². The van der Waals surface area contributed by atoms with Crippen LogP contribution >= 0.6 is 0 Å². The molecule has 29 heavy (non-hydrogen) atoms. The van der Waals surface area contributed by atoms with Crippen LogP contribution in [0.5, 0.6) is 17.2 Å². The number of ether oxygens (including phenoxy) is 3. The van der Waals surface area contributed by atoms with Gasteiger partial charge in [-0.1, -0.05) is 6.92 Å². The molecule has 0 aliphatic rings. The van der Waals surface area contributed by atoms with E-state index in [1.54, 1.807) is 30.3 Å². The molecule has 0 unspecified atom stereocenters. The first-order valence-electron chi connectivity index (χ1n) is 9.07. The minimum atomic E-state index is -0.414. The fourth-order valence-corrected chi connectivity index (χ4v) is 2.73. The molecule has 8 heteroatoms. The van der Waals surface area contributed by atoms with Gasteiger partial charge in [-0.15, -0.1) is 0 Å². The molecule has 0 aliphatic heterocycles. The van der Waals surface area contributed by atoms with E-state index in [2.05, 4.69) is 15.5 Å². The summed E-state index contributed by atoms with van der Waals surface area (Å²) in [7, 11) is 3.05. The zero-order chi connectivity index (χ0) is 20.8. The number of rotatable bonds is 8. The minimum absolute atomic E-state index is 0.223. The molecule has 0 radical (unpaired) electrons. The number of halogens is 1. The Bertz CT molecular complexity index is 1000. The van der Waals surface area contributed by atoms with Crippen LogP contribution in [0, 0.1) is 5.82 Å². The Morgan fingerprint density at radius 2 is 1.83 bits per heavy atom. The topological polar surface area (TPSA) is 85.5 Å². The molecule has 1 heterocycles. The van der Waals surface area contributed by atoms with E-state index in [4.69, 9.17) is 14.2 Å². The normalized spacial score (nSPS) is 10.5. The lowest BCUT2D eigenvalue weighted by Crippen LogP contribution is -2.12. The lowest BCUT2D eigenvalue weighted by Gasteiger charge is -2.10. The molecule has 0 atom stereocenters. The molecular formula is C21H22FN3O4. The number of hydrogen-bond acceptors (Lipinski definition) is 5. The largest absolute Gasteiger partial charge is 0.493 e. The summed E-state index contributed by atoms with van der Waals surface area (Å²) < 4.78 is 29.8. The summed E-state index contributed by atoms with van der Waals surface area (Å²) in [5.74, 6) is 0.742. The van der Waals surface area contributed by atoms with Crippen molar-refractivity contribution in [1.82, 2.24) is 10.2 Å². The monoisotopic (exact) mass is 399 g/mol. The van der Waals surface area contributed by atoms with E-state index in [1.807, 2.05) is 6.92 Å². The fraction of sp³-hybridized carbons (Fsp3) is 0.238. The second-order valence-electron chi connectivity index (χ2n) is 6.18. The van der Waals surface area contributed by atoms with Crippen LogP contribution in [0.1, 0.15) is 23.8 Å². The van der Waals surface area contributed by atoms with Crippen LogP contribution in [-0.2, 0) is 0 Å². The zero-order valence-corrected chi connectivity index (χ0v) is 16.4. The van der Waals surface area contributed by atoms with Gasteiger partial charge in [0.2, 0.25) is 0 Å². The van der Waals surface area contributed by atoms with Gasteiger partial charge in [-0.05, 0) is 42.8 Å². The summed E-state index contributed by atoms with van der Waals surface area (Å²) >= 11 is 0. The van der Waals surface area contributed by atoms with E-state index in [0.717, 1.165) is 6.42 Å². The summed E-state index contributed by atoms with van der Waals surface area (Å²) in [4.78, 5) is 12.6. The summed E-state index contributed by atoms with van der Waals surface area (Å²) in [6.07, 6.45) is 0.816. The third kappa shape index (κ3) is 4.66. The van der Waals surface area contributed by atoms with Gasteiger partial charge >= 0.3 is 0 Å². The number of H-pyrrole nitrogens is 1. The van der Waals surface area contributed by atoms with E-state index in [-0.39, 0.29) is 5.69 Å². The lowest BCUT2D eigenvalue weighted by atomic mass is 10.1. The van der Waals surface area contributed by atoms with E-state index in [0.29, 0.717) is 40.8 Å². The van der Waals surface area contributed by atoms with Gasteiger partial charge in [0.1, 0.15) is 17.3 Å². The molecule has 0 bridgehead atoms. The van der Waals surface area contributed by atoms with Crippen molar-refractivity contribution in [3.63, 3.8) is 0 Å². The van der Waals surface area contributed by atoms with Crippen LogP contribution in [0.4, 0.5) is 10.1 Å². The first-order valence-corrected chi connectivity index (χ1v) is 9.07. The Hall–Kier alpha value is -3.55. The van der Waals surface area contributed by atoms with Gasteiger partial charge in [-0.25, -0.2) is 4.39 Å². The third-order valence-electron chi connectivity index (χ3n) is 4.14. The molecule has 0 fully saturated rings. The molecule has 3 aromatic rings. The molecule has 152 valence electrons. The maximum atomic E-state index is 13.7. The number of anilines is 1. The van der Waals surface area contributed by atoms with Gasteiger partial charge in [0.15, 0.2) is 11.5 Å². The summed E-state index contributed by atoms with van der Waals surface area (Å²) in [5, 5.41) is 9.58. The van der Waals surface area contributed by atoms with E-state index in [9.17, 15) is 9.18 Å². The lowest BCUT2D eigenvalue weighted by molar-refractivity contribution is 0.102. The first kappa shape index (κ1) is 20.2. The highest BCUT2D eigenvalue weighted by Gasteiger charge is 2.16. The highest BCUT2D eigenvalue weighted by molar-refractivity contribution is 6.03. The standard InChI is InChI=1S/C21H22FN3O4/c1-4-9-29-18-7-5-13(22)10-15(18)16-12-17(25-24-16)21(26)23-14-6-8-19(27-2)20(11-14)28-3/h5-8,10-12H,4,9H2,1-3H3,(H,23,26)(H,24,25). The SMILES string of the molecule is CCCOc1ccc(F)cc1-c1cc(C(=O)Nc2ccc(OC)c(OC)c2)[nH]n1. The van der Waals surface area contributed by atoms with Crippen molar-refractivity contribution < 1.29 is 23.4 Å². The Balaban J connectivity index is 1.81. The number of carbonyl (C=O) groups excluding carboxylic acids is 1. The molecule has 7 nitrogen and oxygen atoms in total. The predicted molar refractivity (Wildman–Crippen MR) is 107 cm³/mol. The van der Waals surface area contributed by atoms with E-state index < -0.39 is 11.7 Å². The molecule has 0 aliphatic carbocycles. The van der Waals surface area contributed by atoms with Gasteiger partial charge < -0.3 is 19.5 Å². The van der Waals surface area contributed by atoms with Crippen molar-refractivity contribution in [1.29, 1.82) is 0 Å². The van der Waals surface area contributed by atoms with Gasteiger partial charge in [-0.2, -0.15) is 5.10 Å². The number of nitrogens with one attached hydrogen (secondary N) is 2. The highest BCUT2D eigenvalue weighted by Crippen LogP contribution is 2.31. The predicted octanol–water partition coefficient (Wildman–Crippen LogP) is 4.27. The molecular weight excluding hydrogens is 377 g/mol. The second kappa shape index (κ2) is 9.09. The molecule has 2 aromatic carbocycles. The second-order valence-corrected chi connectivity index (χ2v) is 6.18. The Kier molecular flexibility index (Phi) is 6.33. The van der Waals surface area contributed by atoms with Gasteiger partial charge in [-0.3, -0.25) is 9.89 Å². The van der Waals surface area contributed by atoms with Gasteiger partial charge in [0, 0.05) is 17.3 Å². The van der Waals surface area contributed by atoms with Crippen LogP contribution < -0.4 is 19.5 Å². The van der Waals surface area contributed by atoms with Crippen LogP contribution in [0.15, 0.2) is 42.5 Å². The van der Waals surface area contributed by atoms with Gasteiger partial charge in [0.25, 0.3) is 5.91 Å². The summed E-state index contributed by atoms with van der Waals surface area (Å²) in [6.45, 7) is 2.48. The number of benzene rings is 2. The molecule has 3 rings (SSSR count). The highest BCUT2D eigenvalue weighted by atomic mass is 19.1. The summed E-state index contributed by atoms with van der Waals surface area (Å²) in [6, 6.07) is 10.8. The van der Waals surface area contributed by atoms with Crippen molar-refractivity contribution in [2.75, 3.05) is 26.1 Å². The van der Waals surface area contributed by atoms with Crippen LogP contribution in [0.3, 0.4) is 0 Å². The number of aromatic nitrogens is 2. The number of amides is 1. The number of nitrogens with zero attached hydrogens (tertiary/aromatic N) is 1. The maximum Gasteiger partial charge on any atom is 0.273 e. The average molecular weight is 399 g/mol. The first-order chi connectivity index (χ1) is 14.0. The van der Waals surface area contributed by atoms with Crippen molar-refractivity contribution in [3.05, 3.63) is 54.0 Å². The molecule has 1 aromatic heterocycles. The quantitative estimate of drug-likeness (QED) is 0.591.